The molecule has 11 heteroatoms. The Morgan fingerprint density at radius 2 is 2.02 bits per heavy atom. The zero-order valence-electron chi connectivity index (χ0n) is 25.5. The van der Waals surface area contributed by atoms with E-state index in [0.717, 1.165) is 32.2 Å². The van der Waals surface area contributed by atoms with E-state index < -0.39 is 23.3 Å². The lowest BCUT2D eigenvalue weighted by Crippen LogP contribution is -2.43. The predicted octanol–water partition coefficient (Wildman–Crippen LogP) is 6.54. The van der Waals surface area contributed by atoms with Crippen molar-refractivity contribution in [3.8, 4) is 17.3 Å². The van der Waals surface area contributed by atoms with Gasteiger partial charge in [0.05, 0.1) is 22.6 Å². The van der Waals surface area contributed by atoms with Crippen LogP contribution in [0, 0.1) is 29.9 Å². The maximum atomic E-state index is 16.8. The van der Waals surface area contributed by atoms with E-state index in [9.17, 15) is 8.78 Å². The summed E-state index contributed by atoms with van der Waals surface area (Å²) in [5.41, 5.74) is 0.464. The van der Waals surface area contributed by atoms with Crippen LogP contribution in [-0.2, 0) is 0 Å². The van der Waals surface area contributed by atoms with Crippen molar-refractivity contribution in [2.45, 2.75) is 64.6 Å². The number of anilines is 1. The van der Waals surface area contributed by atoms with Gasteiger partial charge in [0.15, 0.2) is 5.82 Å². The molecule has 0 spiro atoms. The Hall–Kier alpha value is -3.73. The molecule has 232 valence electrons. The number of nitrogens with one attached hydrogen (secondary N) is 1. The van der Waals surface area contributed by atoms with E-state index in [4.69, 9.17) is 9.72 Å². The van der Waals surface area contributed by atoms with Gasteiger partial charge in [-0.3, -0.25) is 15.0 Å². The van der Waals surface area contributed by atoms with Crippen LogP contribution >= 0.6 is 0 Å². The Bertz CT molecular complexity index is 1760. The van der Waals surface area contributed by atoms with E-state index >= 15 is 4.39 Å². The first kappa shape index (κ1) is 29.0. The van der Waals surface area contributed by atoms with Crippen molar-refractivity contribution in [3.63, 3.8) is 0 Å². The summed E-state index contributed by atoms with van der Waals surface area (Å²) in [5, 5.41) is 7.83. The van der Waals surface area contributed by atoms with Gasteiger partial charge in [0.1, 0.15) is 35.6 Å². The number of nitrogens with zero attached hydrogens (tertiary/aromatic N) is 6. The first-order valence-electron chi connectivity index (χ1n) is 15.5. The number of aromatic amines is 1. The van der Waals surface area contributed by atoms with Crippen LogP contribution in [-0.4, -0.2) is 74.5 Å². The SMILES string of the molecule is C=CC1(C)CCC(C)CN(c2nc(OCC34CCCN3CC(F)C4)nc3c(F)c(-c4c(C)c(F)cc5[nH]ncc45)ncc23)C1. The van der Waals surface area contributed by atoms with Gasteiger partial charge in [-0.25, -0.2) is 13.2 Å². The first-order chi connectivity index (χ1) is 21.1. The number of fused-ring (bicyclic) bond motifs is 3. The number of rotatable bonds is 6. The van der Waals surface area contributed by atoms with Crippen LogP contribution in [0.3, 0.4) is 0 Å². The molecule has 0 aliphatic carbocycles. The highest BCUT2D eigenvalue weighted by molar-refractivity contribution is 5.99. The molecule has 0 bridgehead atoms. The Labute approximate surface area is 254 Å². The molecular weight excluding hydrogens is 567 g/mol. The molecule has 44 heavy (non-hydrogen) atoms. The van der Waals surface area contributed by atoms with Crippen molar-refractivity contribution in [3.05, 3.63) is 48.3 Å². The number of pyridine rings is 1. The van der Waals surface area contributed by atoms with Crippen LogP contribution in [0.1, 0.15) is 51.5 Å². The summed E-state index contributed by atoms with van der Waals surface area (Å²) in [4.78, 5) is 18.3. The number of hydrogen-bond donors (Lipinski definition) is 1. The summed E-state index contributed by atoms with van der Waals surface area (Å²) < 4.78 is 52.5. The van der Waals surface area contributed by atoms with Gasteiger partial charge >= 0.3 is 6.01 Å². The molecule has 7 rings (SSSR count). The van der Waals surface area contributed by atoms with Crippen molar-refractivity contribution < 1.29 is 17.9 Å². The van der Waals surface area contributed by atoms with Crippen molar-refractivity contribution in [2.75, 3.05) is 37.7 Å². The second kappa shape index (κ2) is 10.7. The van der Waals surface area contributed by atoms with Crippen LogP contribution in [0.15, 0.2) is 31.1 Å². The average Bonchev–Trinajstić information content (AvgIpc) is 3.67. The van der Waals surface area contributed by atoms with Crippen molar-refractivity contribution in [1.29, 1.82) is 0 Å². The molecule has 8 nitrogen and oxygen atoms in total. The fourth-order valence-electron chi connectivity index (χ4n) is 7.57. The molecule has 3 aromatic heterocycles. The van der Waals surface area contributed by atoms with E-state index in [-0.39, 0.29) is 34.8 Å². The monoisotopic (exact) mass is 605 g/mol. The molecule has 3 aliphatic rings. The lowest BCUT2D eigenvalue weighted by atomic mass is 9.84. The van der Waals surface area contributed by atoms with E-state index in [1.54, 1.807) is 19.3 Å². The van der Waals surface area contributed by atoms with Crippen molar-refractivity contribution in [1.82, 2.24) is 30.0 Å². The van der Waals surface area contributed by atoms with Crippen LogP contribution in [0.4, 0.5) is 19.0 Å². The summed E-state index contributed by atoms with van der Waals surface area (Å²) >= 11 is 0. The topological polar surface area (TPSA) is 83.1 Å². The van der Waals surface area contributed by atoms with Gasteiger partial charge in [-0.05, 0) is 56.7 Å². The Balaban J connectivity index is 1.38. The number of alkyl halides is 1. The maximum Gasteiger partial charge on any atom is 0.319 e. The highest BCUT2D eigenvalue weighted by Gasteiger charge is 2.49. The zero-order valence-corrected chi connectivity index (χ0v) is 25.5. The van der Waals surface area contributed by atoms with E-state index in [1.165, 1.54) is 6.07 Å². The molecule has 1 N–H and O–H groups in total. The molecule has 0 saturated carbocycles. The Kier molecular flexibility index (Phi) is 7.06. The smallest absolute Gasteiger partial charge is 0.319 e. The van der Waals surface area contributed by atoms with Crippen LogP contribution in [0.5, 0.6) is 6.01 Å². The van der Waals surface area contributed by atoms with Gasteiger partial charge in [0.25, 0.3) is 0 Å². The summed E-state index contributed by atoms with van der Waals surface area (Å²) in [7, 11) is 0. The van der Waals surface area contributed by atoms with Crippen molar-refractivity contribution in [2.24, 2.45) is 11.3 Å². The standard InChI is InChI=1S/C33H38F3N7O/c1-5-32(4)9-7-19(2)15-42(17-32)30-23-13-37-29(26-20(3)24(35)11-25-22(26)14-38-41-25)27(36)28(23)39-31(40-30)44-18-33-8-6-10-43(33)16-21(34)12-33/h5,11,13-14,19,21H,1,6-10,12,15-18H2,2-4H3,(H,38,41). The van der Waals surface area contributed by atoms with Gasteiger partial charge in [0, 0.05) is 48.6 Å². The summed E-state index contributed by atoms with van der Waals surface area (Å²) in [5.74, 6) is -0.286. The minimum Gasteiger partial charge on any atom is -0.461 e. The molecule has 6 heterocycles. The number of aromatic nitrogens is 5. The zero-order chi connectivity index (χ0) is 30.8. The van der Waals surface area contributed by atoms with Gasteiger partial charge in [-0.1, -0.05) is 19.9 Å². The molecular formula is C33H38F3N7O. The summed E-state index contributed by atoms with van der Waals surface area (Å²) in [6.45, 7) is 12.9. The summed E-state index contributed by atoms with van der Waals surface area (Å²) in [6.07, 6.45) is 8.40. The maximum absolute atomic E-state index is 16.8. The number of H-pyrrole nitrogens is 1. The fourth-order valence-corrected chi connectivity index (χ4v) is 7.57. The quantitative estimate of drug-likeness (QED) is 0.250. The fraction of sp³-hybridized carbons (Fsp3) is 0.515. The molecule has 3 fully saturated rings. The van der Waals surface area contributed by atoms with Gasteiger partial charge in [0.2, 0.25) is 0 Å². The predicted molar refractivity (Wildman–Crippen MR) is 165 cm³/mol. The highest BCUT2D eigenvalue weighted by atomic mass is 19.1. The third-order valence-electron chi connectivity index (χ3n) is 10.1. The molecule has 0 radical (unpaired) electrons. The van der Waals surface area contributed by atoms with E-state index in [0.29, 0.717) is 59.6 Å². The molecule has 1 aromatic carbocycles. The molecule has 4 unspecified atom stereocenters. The lowest BCUT2D eigenvalue weighted by molar-refractivity contribution is 0.107. The second-order valence-corrected chi connectivity index (χ2v) is 13.4. The first-order valence-corrected chi connectivity index (χ1v) is 15.5. The molecule has 0 amide bonds. The highest BCUT2D eigenvalue weighted by Crippen LogP contribution is 2.42. The molecule has 4 atom stereocenters. The molecule has 4 aromatic rings. The molecule has 3 saturated heterocycles. The van der Waals surface area contributed by atoms with E-state index in [2.05, 4.69) is 50.4 Å². The number of hydrogen-bond acceptors (Lipinski definition) is 7. The molecule has 3 aliphatic heterocycles. The average molecular weight is 606 g/mol. The Morgan fingerprint density at radius 3 is 2.84 bits per heavy atom. The largest absolute Gasteiger partial charge is 0.461 e. The summed E-state index contributed by atoms with van der Waals surface area (Å²) in [6, 6.07) is 1.38. The van der Waals surface area contributed by atoms with Gasteiger partial charge in [-0.15, -0.1) is 6.58 Å². The number of benzene rings is 1. The minimum atomic E-state index is -0.900. The van der Waals surface area contributed by atoms with Crippen LogP contribution < -0.4 is 9.64 Å². The van der Waals surface area contributed by atoms with Gasteiger partial charge in [-0.2, -0.15) is 15.1 Å². The third kappa shape index (κ3) is 4.80. The lowest BCUT2D eigenvalue weighted by Gasteiger charge is -2.33. The van der Waals surface area contributed by atoms with Crippen LogP contribution in [0.2, 0.25) is 0 Å². The van der Waals surface area contributed by atoms with Gasteiger partial charge < -0.3 is 9.64 Å². The number of halogens is 3. The normalized spacial score (nSPS) is 27.6. The number of ether oxygens (including phenoxy) is 1. The third-order valence-corrected chi connectivity index (χ3v) is 10.1. The second-order valence-electron chi connectivity index (χ2n) is 13.4. The van der Waals surface area contributed by atoms with E-state index in [1.807, 2.05) is 6.08 Å². The van der Waals surface area contributed by atoms with Crippen molar-refractivity contribution >= 4 is 27.6 Å². The minimum absolute atomic E-state index is 0.0201. The van der Waals surface area contributed by atoms with Crippen LogP contribution in [0.25, 0.3) is 33.1 Å². The Morgan fingerprint density at radius 1 is 1.18 bits per heavy atom.